The number of hydrogen-bond acceptors (Lipinski definition) is 6. The smallest absolute Gasteiger partial charge is 0.327 e. The zero-order valence-electron chi connectivity index (χ0n) is 25.6. The maximum Gasteiger partial charge on any atom is 0.327 e. The average Bonchev–Trinajstić information content (AvgIpc) is 3.41. The Kier molecular flexibility index (Phi) is 13.0. The molecule has 10 heteroatoms. The molecular weight excluding hydrogens is 560 g/mol. The Bertz CT molecular complexity index is 1310. The second-order valence-electron chi connectivity index (χ2n) is 11.0. The van der Waals surface area contributed by atoms with Crippen molar-refractivity contribution >= 4 is 29.4 Å². The lowest BCUT2D eigenvalue weighted by Gasteiger charge is -2.30. The number of carboxylic acid groups (broad SMARTS) is 1. The van der Waals surface area contributed by atoms with E-state index in [1.807, 2.05) is 44.2 Å². The fraction of sp³-hybridized carbons (Fsp3) is 0.412. The topological polar surface area (TPSA) is 137 Å². The molecule has 2 aromatic carbocycles. The van der Waals surface area contributed by atoms with E-state index in [0.717, 1.165) is 11.1 Å². The number of carboxylic acids is 1. The maximum atomic E-state index is 14.1. The van der Waals surface area contributed by atoms with Gasteiger partial charge in [-0.3, -0.25) is 19.3 Å². The number of hydrogen-bond donors (Lipinski definition) is 4. The lowest BCUT2D eigenvalue weighted by Crippen LogP contribution is -2.57. The fourth-order valence-corrected chi connectivity index (χ4v) is 5.16. The number of aliphatic carboxylic acids is 1. The molecular formula is C34H44N4O6. The highest BCUT2D eigenvalue weighted by atomic mass is 16.5. The molecule has 0 fully saturated rings. The zero-order valence-corrected chi connectivity index (χ0v) is 25.6. The molecule has 4 N–H and O–H groups in total. The van der Waals surface area contributed by atoms with Crippen LogP contribution in [-0.2, 0) is 36.8 Å². The van der Waals surface area contributed by atoms with E-state index in [4.69, 9.17) is 4.74 Å². The summed E-state index contributed by atoms with van der Waals surface area (Å²) in [7, 11) is 0. The number of nitrogens with one attached hydrogen (secondary N) is 3. The van der Waals surface area contributed by atoms with Gasteiger partial charge in [0.05, 0.1) is 6.42 Å². The molecule has 0 bridgehead atoms. The number of fused-ring (bicyclic) bond motifs is 1. The van der Waals surface area contributed by atoms with Crippen molar-refractivity contribution in [3.8, 4) is 0 Å². The van der Waals surface area contributed by atoms with Crippen LogP contribution in [0.1, 0.15) is 50.7 Å². The number of unbranched alkanes of at least 4 members (excludes halogenated alkanes) is 1. The lowest BCUT2D eigenvalue weighted by atomic mass is 9.97. The number of rotatable bonds is 18. The van der Waals surface area contributed by atoms with Gasteiger partial charge in [-0.2, -0.15) is 0 Å². The molecule has 0 spiro atoms. The Labute approximate surface area is 259 Å². The van der Waals surface area contributed by atoms with E-state index in [9.17, 15) is 24.3 Å². The van der Waals surface area contributed by atoms with Crippen LogP contribution in [0.3, 0.4) is 0 Å². The first-order valence-corrected chi connectivity index (χ1v) is 15.1. The molecule has 0 aliphatic carbocycles. The highest BCUT2D eigenvalue weighted by molar-refractivity contribution is 6.06. The molecule has 4 atom stereocenters. The van der Waals surface area contributed by atoms with Crippen LogP contribution in [0.5, 0.6) is 0 Å². The molecule has 2 aromatic rings. The van der Waals surface area contributed by atoms with Crippen molar-refractivity contribution in [2.24, 2.45) is 5.92 Å². The van der Waals surface area contributed by atoms with Gasteiger partial charge >= 0.3 is 5.97 Å². The first kappa shape index (κ1) is 33.9. The molecule has 3 amide bonds. The molecule has 0 radical (unpaired) electrons. The van der Waals surface area contributed by atoms with Crippen LogP contribution in [0.15, 0.2) is 79.7 Å². The van der Waals surface area contributed by atoms with Gasteiger partial charge in [0.25, 0.3) is 0 Å². The van der Waals surface area contributed by atoms with Gasteiger partial charge in [-0.15, -0.1) is 0 Å². The lowest BCUT2D eigenvalue weighted by molar-refractivity contribution is -0.140. The van der Waals surface area contributed by atoms with Crippen molar-refractivity contribution < 1.29 is 29.0 Å². The van der Waals surface area contributed by atoms with Crippen molar-refractivity contribution in [2.75, 3.05) is 18.1 Å². The summed E-state index contributed by atoms with van der Waals surface area (Å²) in [6.45, 7) is 12.1. The van der Waals surface area contributed by atoms with E-state index in [-0.39, 0.29) is 31.1 Å². The highest BCUT2D eigenvalue weighted by Crippen LogP contribution is 2.33. The van der Waals surface area contributed by atoms with Crippen LogP contribution in [0, 0.1) is 5.92 Å². The summed E-state index contributed by atoms with van der Waals surface area (Å²) in [5, 5.41) is 18.8. The Morgan fingerprint density at radius 2 is 1.77 bits per heavy atom. The van der Waals surface area contributed by atoms with Crippen molar-refractivity contribution in [3.63, 3.8) is 0 Å². The fourth-order valence-electron chi connectivity index (χ4n) is 5.16. The largest absolute Gasteiger partial charge is 0.480 e. The highest BCUT2D eigenvalue weighted by Gasteiger charge is 2.41. The van der Waals surface area contributed by atoms with Crippen LogP contribution in [0.25, 0.3) is 0 Å². The minimum absolute atomic E-state index is 0.114. The van der Waals surface area contributed by atoms with Crippen LogP contribution in [0.2, 0.25) is 0 Å². The molecule has 1 aliphatic heterocycles. The predicted molar refractivity (Wildman–Crippen MR) is 170 cm³/mol. The van der Waals surface area contributed by atoms with Gasteiger partial charge in [-0.1, -0.05) is 81.5 Å². The number of nitrogens with zero attached hydrogens (tertiary/aromatic N) is 1. The van der Waals surface area contributed by atoms with Crippen LogP contribution in [0.4, 0.5) is 5.69 Å². The number of anilines is 1. The third-order valence-corrected chi connectivity index (χ3v) is 7.75. The van der Waals surface area contributed by atoms with Gasteiger partial charge in [0, 0.05) is 18.7 Å². The van der Waals surface area contributed by atoms with Gasteiger partial charge in [-0.25, -0.2) is 4.79 Å². The van der Waals surface area contributed by atoms with Gasteiger partial charge in [0.2, 0.25) is 17.7 Å². The Hall–Kier alpha value is -4.60. The maximum absolute atomic E-state index is 14.1. The molecule has 0 unspecified atom stereocenters. The Morgan fingerprint density at radius 3 is 2.45 bits per heavy atom. The number of carbonyl (C=O) groups excluding carboxylic acids is 3. The number of amides is 3. The van der Waals surface area contributed by atoms with Crippen molar-refractivity contribution in [1.82, 2.24) is 16.0 Å². The van der Waals surface area contributed by atoms with Gasteiger partial charge in [0.15, 0.2) is 5.88 Å². The summed E-state index contributed by atoms with van der Waals surface area (Å²) in [6.07, 6.45) is 3.97. The average molecular weight is 605 g/mol. The first-order valence-electron chi connectivity index (χ1n) is 15.1. The summed E-state index contributed by atoms with van der Waals surface area (Å²) in [4.78, 5) is 54.3. The quantitative estimate of drug-likeness (QED) is 0.116. The van der Waals surface area contributed by atoms with Crippen molar-refractivity contribution in [1.29, 1.82) is 0 Å². The minimum Gasteiger partial charge on any atom is -0.480 e. The van der Waals surface area contributed by atoms with E-state index in [0.29, 0.717) is 44.0 Å². The van der Waals surface area contributed by atoms with Gasteiger partial charge in [0.1, 0.15) is 24.7 Å². The van der Waals surface area contributed by atoms with Crippen molar-refractivity contribution in [2.45, 2.75) is 70.5 Å². The second kappa shape index (κ2) is 16.9. The molecule has 0 aromatic heterocycles. The van der Waals surface area contributed by atoms with E-state index in [1.54, 1.807) is 30.3 Å². The molecule has 236 valence electrons. The second-order valence-corrected chi connectivity index (χ2v) is 11.0. The van der Waals surface area contributed by atoms with Crippen LogP contribution >= 0.6 is 0 Å². The van der Waals surface area contributed by atoms with E-state index in [2.05, 4.69) is 29.1 Å². The Balaban J connectivity index is 1.78. The standard InChI is InChI=1S/C34H44N4O6/c1-5-20-44-24(4)35-19-13-12-17-27(33(41)38-28-18-11-10-16-26(28)22-29(38)34(42)43)36-32(40)31(23(3)6-2)37-30(39)21-25-14-8-7-9-15-25/h5,7-11,14-16,18,23,27,29,31,35H,1,4,6,12-13,17,19-22H2,2-3H3,(H,36,40)(H,37,39)(H,42,43)/t23-,27-,29-,31-/m0/s1. The first-order chi connectivity index (χ1) is 21.2. The van der Waals surface area contributed by atoms with Gasteiger partial charge in [-0.05, 0) is 49.0 Å². The third kappa shape index (κ3) is 9.45. The van der Waals surface area contributed by atoms with Gasteiger partial charge < -0.3 is 25.8 Å². The molecule has 1 heterocycles. The summed E-state index contributed by atoms with van der Waals surface area (Å²) >= 11 is 0. The predicted octanol–water partition coefficient (Wildman–Crippen LogP) is 3.72. The molecule has 1 aliphatic rings. The summed E-state index contributed by atoms with van der Waals surface area (Å²) in [6, 6.07) is 13.4. The normalized spacial score (nSPS) is 15.7. The summed E-state index contributed by atoms with van der Waals surface area (Å²) in [5.74, 6) is -2.21. The van der Waals surface area contributed by atoms with Crippen LogP contribution in [-0.4, -0.2) is 60.1 Å². The van der Waals surface area contributed by atoms with E-state index >= 15 is 0 Å². The molecule has 10 nitrogen and oxygen atoms in total. The monoisotopic (exact) mass is 604 g/mol. The summed E-state index contributed by atoms with van der Waals surface area (Å²) in [5.41, 5.74) is 2.10. The van der Waals surface area contributed by atoms with Crippen LogP contribution < -0.4 is 20.9 Å². The molecule has 3 rings (SSSR count). The SMILES string of the molecule is C=CCOC(=C)NCCCC[C@H](NC(=O)[C@@H](NC(=O)Cc1ccccc1)[C@@H](C)CC)C(=O)N1c2ccccc2C[C@H]1C(=O)O. The number of para-hydroxylation sites is 1. The van der Waals surface area contributed by atoms with Crippen molar-refractivity contribution in [3.05, 3.63) is 90.8 Å². The number of carbonyl (C=O) groups is 4. The number of ether oxygens (including phenoxy) is 1. The van der Waals surface area contributed by atoms with E-state index in [1.165, 1.54) is 4.90 Å². The summed E-state index contributed by atoms with van der Waals surface area (Å²) < 4.78 is 5.34. The zero-order chi connectivity index (χ0) is 32.1. The van der Waals surface area contributed by atoms with E-state index < -0.39 is 35.9 Å². The molecule has 0 saturated carbocycles. The number of benzene rings is 2. The third-order valence-electron chi connectivity index (χ3n) is 7.75. The molecule has 0 saturated heterocycles. The molecule has 44 heavy (non-hydrogen) atoms. The Morgan fingerprint density at radius 1 is 1.07 bits per heavy atom. The minimum atomic E-state index is -1.12.